The predicted molar refractivity (Wildman–Crippen MR) is 99.9 cm³/mol. The second kappa shape index (κ2) is 6.15. The standard InChI is InChI=1S/C20H20N2O2S/c1-13(2)14-6-3-4-7-15(14)21-19(23)20(9-10-20)18-12-16(24-22-18)17-8-5-11-25-17/h3-8,11-13H,9-10H2,1-2H3,(H,21,23). The van der Waals surface area contributed by atoms with Gasteiger partial charge in [0.05, 0.1) is 16.0 Å². The number of amides is 1. The number of carbonyl (C=O) groups excluding carboxylic acids is 1. The van der Waals surface area contributed by atoms with Crippen LogP contribution in [0.15, 0.2) is 52.4 Å². The fourth-order valence-electron chi connectivity index (χ4n) is 3.12. The molecule has 25 heavy (non-hydrogen) atoms. The van der Waals surface area contributed by atoms with Crippen molar-refractivity contribution in [3.05, 3.63) is 59.1 Å². The molecular weight excluding hydrogens is 332 g/mol. The second-order valence-corrected chi connectivity index (χ2v) is 7.78. The molecule has 0 aliphatic heterocycles. The van der Waals surface area contributed by atoms with Crippen molar-refractivity contribution in [2.24, 2.45) is 0 Å². The first kappa shape index (κ1) is 16.1. The van der Waals surface area contributed by atoms with Gasteiger partial charge in [-0.1, -0.05) is 43.3 Å². The van der Waals surface area contributed by atoms with E-state index in [1.54, 1.807) is 11.3 Å². The number of hydrogen-bond donors (Lipinski definition) is 1. The minimum atomic E-state index is -0.552. The molecule has 5 heteroatoms. The molecule has 1 aliphatic carbocycles. The highest BCUT2D eigenvalue weighted by atomic mass is 32.1. The van der Waals surface area contributed by atoms with Crippen LogP contribution in [0.2, 0.25) is 0 Å². The number of hydrogen-bond acceptors (Lipinski definition) is 4. The third-order valence-electron chi connectivity index (χ3n) is 4.78. The van der Waals surface area contributed by atoms with Crippen molar-refractivity contribution < 1.29 is 9.32 Å². The van der Waals surface area contributed by atoms with E-state index < -0.39 is 5.41 Å². The first-order valence-electron chi connectivity index (χ1n) is 8.51. The van der Waals surface area contributed by atoms with Gasteiger partial charge in [-0.05, 0) is 41.8 Å². The minimum absolute atomic E-state index is 0.00614. The molecule has 0 atom stereocenters. The lowest BCUT2D eigenvalue weighted by Crippen LogP contribution is -2.28. The van der Waals surface area contributed by atoms with E-state index in [4.69, 9.17) is 4.52 Å². The van der Waals surface area contributed by atoms with Gasteiger partial charge in [-0.3, -0.25) is 4.79 Å². The SMILES string of the molecule is CC(C)c1ccccc1NC(=O)C1(c2cc(-c3cccs3)on2)CC1. The van der Waals surface area contributed by atoms with Gasteiger partial charge in [0.1, 0.15) is 0 Å². The fraction of sp³-hybridized carbons (Fsp3) is 0.300. The molecule has 1 N–H and O–H groups in total. The Morgan fingerprint density at radius 2 is 2.04 bits per heavy atom. The number of carbonyl (C=O) groups is 1. The summed E-state index contributed by atoms with van der Waals surface area (Å²) in [4.78, 5) is 14.0. The summed E-state index contributed by atoms with van der Waals surface area (Å²) in [7, 11) is 0. The van der Waals surface area contributed by atoms with Crippen LogP contribution in [0.1, 0.15) is 43.9 Å². The zero-order valence-corrected chi connectivity index (χ0v) is 15.1. The number of anilines is 1. The summed E-state index contributed by atoms with van der Waals surface area (Å²) in [6, 6.07) is 13.9. The summed E-state index contributed by atoms with van der Waals surface area (Å²) >= 11 is 1.60. The summed E-state index contributed by atoms with van der Waals surface area (Å²) in [5.41, 5.74) is 2.21. The van der Waals surface area contributed by atoms with E-state index in [1.165, 1.54) is 0 Å². The van der Waals surface area contributed by atoms with Crippen molar-refractivity contribution in [1.29, 1.82) is 0 Å². The number of benzene rings is 1. The van der Waals surface area contributed by atoms with Gasteiger partial charge < -0.3 is 9.84 Å². The molecule has 128 valence electrons. The Hall–Kier alpha value is -2.40. The zero-order chi connectivity index (χ0) is 17.4. The summed E-state index contributed by atoms with van der Waals surface area (Å²) in [5, 5.41) is 9.32. The molecule has 3 aromatic rings. The lowest BCUT2D eigenvalue weighted by atomic mass is 9.98. The van der Waals surface area contributed by atoms with Crippen molar-refractivity contribution in [3.8, 4) is 10.6 Å². The van der Waals surface area contributed by atoms with Crippen LogP contribution in [0, 0.1) is 0 Å². The summed E-state index contributed by atoms with van der Waals surface area (Å²) < 4.78 is 5.48. The first-order chi connectivity index (χ1) is 12.1. The van der Waals surface area contributed by atoms with E-state index in [1.807, 2.05) is 41.8 Å². The van der Waals surface area contributed by atoms with E-state index in [9.17, 15) is 4.79 Å². The third-order valence-corrected chi connectivity index (χ3v) is 5.66. The normalized spacial score (nSPS) is 15.3. The Balaban J connectivity index is 1.58. The average molecular weight is 352 g/mol. The number of nitrogens with zero attached hydrogens (tertiary/aromatic N) is 1. The van der Waals surface area contributed by atoms with Crippen LogP contribution in [0.4, 0.5) is 5.69 Å². The Bertz CT molecular complexity index is 892. The van der Waals surface area contributed by atoms with Gasteiger partial charge in [0.25, 0.3) is 0 Å². The van der Waals surface area contributed by atoms with Gasteiger partial charge in [0.15, 0.2) is 5.76 Å². The van der Waals surface area contributed by atoms with E-state index in [0.29, 0.717) is 5.92 Å². The predicted octanol–water partition coefficient (Wildman–Crippen LogP) is 5.20. The van der Waals surface area contributed by atoms with Crippen LogP contribution in [0.25, 0.3) is 10.6 Å². The van der Waals surface area contributed by atoms with E-state index in [-0.39, 0.29) is 5.91 Å². The number of nitrogens with one attached hydrogen (secondary N) is 1. The van der Waals surface area contributed by atoms with Crippen LogP contribution in [-0.4, -0.2) is 11.1 Å². The molecule has 4 rings (SSSR count). The molecule has 4 nitrogen and oxygen atoms in total. The maximum Gasteiger partial charge on any atom is 0.236 e. The van der Waals surface area contributed by atoms with Crippen LogP contribution in [-0.2, 0) is 10.2 Å². The van der Waals surface area contributed by atoms with Crippen molar-refractivity contribution in [2.75, 3.05) is 5.32 Å². The van der Waals surface area contributed by atoms with Gasteiger partial charge in [-0.25, -0.2) is 0 Å². The lowest BCUT2D eigenvalue weighted by Gasteiger charge is -2.17. The topological polar surface area (TPSA) is 55.1 Å². The Morgan fingerprint density at radius 1 is 1.24 bits per heavy atom. The number of rotatable bonds is 5. The summed E-state index contributed by atoms with van der Waals surface area (Å²) in [6.07, 6.45) is 1.61. The maximum atomic E-state index is 13.0. The zero-order valence-electron chi connectivity index (χ0n) is 14.3. The third kappa shape index (κ3) is 2.89. The van der Waals surface area contributed by atoms with Crippen LogP contribution in [0.3, 0.4) is 0 Å². The van der Waals surface area contributed by atoms with Gasteiger partial charge in [-0.15, -0.1) is 11.3 Å². The molecule has 1 fully saturated rings. The largest absolute Gasteiger partial charge is 0.355 e. The van der Waals surface area contributed by atoms with Gasteiger partial charge in [0.2, 0.25) is 5.91 Å². The quantitative estimate of drug-likeness (QED) is 0.687. The maximum absolute atomic E-state index is 13.0. The van der Waals surface area contributed by atoms with E-state index >= 15 is 0 Å². The molecule has 2 aromatic heterocycles. The van der Waals surface area contributed by atoms with Crippen molar-refractivity contribution in [2.45, 2.75) is 38.0 Å². The smallest absolute Gasteiger partial charge is 0.236 e. The number of para-hydroxylation sites is 1. The molecule has 2 heterocycles. The highest BCUT2D eigenvalue weighted by molar-refractivity contribution is 7.13. The molecule has 1 aromatic carbocycles. The van der Waals surface area contributed by atoms with E-state index in [2.05, 4.69) is 30.4 Å². The van der Waals surface area contributed by atoms with Crippen LogP contribution in [0.5, 0.6) is 0 Å². The molecule has 1 saturated carbocycles. The summed E-state index contributed by atoms with van der Waals surface area (Å²) in [5.74, 6) is 1.09. The fourth-order valence-corrected chi connectivity index (χ4v) is 3.79. The van der Waals surface area contributed by atoms with Crippen LogP contribution >= 0.6 is 11.3 Å². The molecule has 0 bridgehead atoms. The first-order valence-corrected chi connectivity index (χ1v) is 9.39. The average Bonchev–Trinajstić information content (AvgIpc) is 3.02. The Morgan fingerprint density at radius 3 is 2.72 bits per heavy atom. The van der Waals surface area contributed by atoms with Crippen molar-refractivity contribution in [1.82, 2.24) is 5.16 Å². The molecule has 0 unspecified atom stereocenters. The molecule has 1 amide bonds. The van der Waals surface area contributed by atoms with Gasteiger partial charge in [0, 0.05) is 11.8 Å². The van der Waals surface area contributed by atoms with Crippen molar-refractivity contribution in [3.63, 3.8) is 0 Å². The summed E-state index contributed by atoms with van der Waals surface area (Å²) in [6.45, 7) is 4.26. The van der Waals surface area contributed by atoms with Crippen molar-refractivity contribution >= 4 is 22.9 Å². The van der Waals surface area contributed by atoms with E-state index in [0.717, 1.165) is 40.4 Å². The van der Waals surface area contributed by atoms with Gasteiger partial charge in [-0.2, -0.15) is 0 Å². The monoisotopic (exact) mass is 352 g/mol. The highest BCUT2D eigenvalue weighted by Crippen LogP contribution is 2.49. The Kier molecular flexibility index (Phi) is 3.96. The minimum Gasteiger partial charge on any atom is -0.355 e. The van der Waals surface area contributed by atoms with Gasteiger partial charge >= 0.3 is 0 Å². The molecule has 0 saturated heterocycles. The molecule has 1 aliphatic rings. The van der Waals surface area contributed by atoms with Crippen LogP contribution < -0.4 is 5.32 Å². The second-order valence-electron chi connectivity index (χ2n) is 6.83. The number of aromatic nitrogens is 1. The highest BCUT2D eigenvalue weighted by Gasteiger charge is 2.54. The molecule has 0 spiro atoms. The Labute approximate surface area is 150 Å². The lowest BCUT2D eigenvalue weighted by molar-refractivity contribution is -0.118. The molecule has 0 radical (unpaired) electrons. The number of thiophene rings is 1. The molecular formula is C20H20N2O2S.